The molecule has 0 aliphatic heterocycles. The van der Waals surface area contributed by atoms with Crippen LogP contribution in [-0.2, 0) is 4.79 Å². The summed E-state index contributed by atoms with van der Waals surface area (Å²) in [6.07, 6.45) is 3.77. The molecule has 0 saturated heterocycles. The summed E-state index contributed by atoms with van der Waals surface area (Å²) in [5.74, 6) is -0.0829. The fraction of sp³-hybridized carbons (Fsp3) is 0.667. The van der Waals surface area contributed by atoms with Gasteiger partial charge in [-0.25, -0.2) is 0 Å². The molecule has 0 radical (unpaired) electrons. The molecule has 0 aromatic carbocycles. The highest BCUT2D eigenvalue weighted by Gasteiger charge is 2.26. The predicted molar refractivity (Wildman–Crippen MR) is 78.6 cm³/mol. The summed E-state index contributed by atoms with van der Waals surface area (Å²) >= 11 is 1.81. The first-order valence-electron chi connectivity index (χ1n) is 7.08. The van der Waals surface area contributed by atoms with Gasteiger partial charge in [-0.2, -0.15) is 0 Å². The summed E-state index contributed by atoms with van der Waals surface area (Å²) in [7, 11) is 0. The maximum Gasteiger partial charge on any atom is 0.306 e. The Labute approximate surface area is 119 Å². The largest absolute Gasteiger partial charge is 0.481 e. The highest BCUT2D eigenvalue weighted by Crippen LogP contribution is 2.29. The number of aryl methyl sites for hydroxylation is 1. The molecule has 0 spiro atoms. The third-order valence-electron chi connectivity index (χ3n) is 4.20. The number of hydrogen-bond donors (Lipinski definition) is 2. The molecule has 1 aromatic heterocycles. The van der Waals surface area contributed by atoms with E-state index in [-0.39, 0.29) is 5.92 Å². The maximum atomic E-state index is 10.9. The van der Waals surface area contributed by atoms with Gasteiger partial charge in [-0.1, -0.05) is 0 Å². The monoisotopic (exact) mass is 281 g/mol. The summed E-state index contributed by atoms with van der Waals surface area (Å²) in [4.78, 5) is 12.3. The van der Waals surface area contributed by atoms with Gasteiger partial charge in [0.25, 0.3) is 0 Å². The summed E-state index contributed by atoms with van der Waals surface area (Å²) < 4.78 is 0. The molecule has 0 amide bonds. The van der Waals surface area contributed by atoms with E-state index in [1.165, 1.54) is 10.4 Å². The average molecular weight is 281 g/mol. The van der Waals surface area contributed by atoms with E-state index in [4.69, 9.17) is 5.11 Å². The Kier molecular flexibility index (Phi) is 4.99. The van der Waals surface area contributed by atoms with Gasteiger partial charge in [0.05, 0.1) is 5.92 Å². The lowest BCUT2D eigenvalue weighted by atomic mass is 9.82. The van der Waals surface area contributed by atoms with Gasteiger partial charge in [-0.05, 0) is 69.0 Å². The van der Waals surface area contributed by atoms with E-state index < -0.39 is 5.97 Å². The molecule has 1 atom stereocenters. The topological polar surface area (TPSA) is 49.3 Å². The zero-order valence-electron chi connectivity index (χ0n) is 11.7. The van der Waals surface area contributed by atoms with E-state index in [2.05, 4.69) is 30.6 Å². The first kappa shape index (κ1) is 14.5. The zero-order valence-corrected chi connectivity index (χ0v) is 12.5. The van der Waals surface area contributed by atoms with Crippen molar-refractivity contribution in [3.8, 4) is 0 Å². The minimum Gasteiger partial charge on any atom is -0.481 e. The number of carbonyl (C=O) groups is 1. The Hall–Kier alpha value is -0.870. The first-order valence-corrected chi connectivity index (χ1v) is 7.96. The number of aliphatic carboxylic acids is 1. The van der Waals surface area contributed by atoms with Gasteiger partial charge < -0.3 is 10.4 Å². The molecule has 2 N–H and O–H groups in total. The molecule has 106 valence electrons. The van der Waals surface area contributed by atoms with Gasteiger partial charge in [0.2, 0.25) is 0 Å². The number of carboxylic acid groups (broad SMARTS) is 1. The van der Waals surface area contributed by atoms with Crippen molar-refractivity contribution in [3.63, 3.8) is 0 Å². The van der Waals surface area contributed by atoms with Crippen LogP contribution >= 0.6 is 11.3 Å². The molecular weight excluding hydrogens is 258 g/mol. The van der Waals surface area contributed by atoms with E-state index in [1.54, 1.807) is 0 Å². The normalized spacial score (nSPS) is 25.2. The molecule has 2 rings (SSSR count). The van der Waals surface area contributed by atoms with Gasteiger partial charge in [-0.15, -0.1) is 11.3 Å². The average Bonchev–Trinajstić information content (AvgIpc) is 2.83. The van der Waals surface area contributed by atoms with Crippen LogP contribution in [0, 0.1) is 18.8 Å². The van der Waals surface area contributed by atoms with Gasteiger partial charge in [0.1, 0.15) is 0 Å². The third-order valence-corrected chi connectivity index (χ3v) is 5.41. The van der Waals surface area contributed by atoms with E-state index in [0.29, 0.717) is 12.0 Å². The Bertz CT molecular complexity index is 422. The molecule has 1 aromatic rings. The van der Waals surface area contributed by atoms with Gasteiger partial charge in [0.15, 0.2) is 0 Å². The van der Waals surface area contributed by atoms with E-state index in [1.807, 2.05) is 11.3 Å². The van der Waals surface area contributed by atoms with Crippen molar-refractivity contribution >= 4 is 17.3 Å². The van der Waals surface area contributed by atoms with E-state index in [9.17, 15) is 4.79 Å². The molecule has 1 unspecified atom stereocenters. The van der Waals surface area contributed by atoms with Crippen molar-refractivity contribution in [1.82, 2.24) is 5.32 Å². The van der Waals surface area contributed by atoms with Crippen LogP contribution in [0.5, 0.6) is 0 Å². The van der Waals surface area contributed by atoms with Crippen molar-refractivity contribution in [1.29, 1.82) is 0 Å². The van der Waals surface area contributed by atoms with Crippen LogP contribution < -0.4 is 5.32 Å². The van der Waals surface area contributed by atoms with Gasteiger partial charge >= 0.3 is 5.97 Å². The summed E-state index contributed by atoms with van der Waals surface area (Å²) in [5.41, 5.74) is 1.36. The van der Waals surface area contributed by atoms with Crippen molar-refractivity contribution in [3.05, 3.63) is 21.9 Å². The van der Waals surface area contributed by atoms with Crippen LogP contribution in [0.25, 0.3) is 0 Å². The number of thiophene rings is 1. The lowest BCUT2D eigenvalue weighted by Gasteiger charge is -2.27. The zero-order chi connectivity index (χ0) is 13.8. The summed E-state index contributed by atoms with van der Waals surface area (Å²) in [6, 6.07) is 2.56. The Morgan fingerprint density at radius 2 is 2.16 bits per heavy atom. The Balaban J connectivity index is 1.75. The molecule has 1 saturated carbocycles. The molecule has 3 nitrogen and oxygen atoms in total. The van der Waals surface area contributed by atoms with Crippen LogP contribution in [0.1, 0.15) is 49.1 Å². The number of rotatable bonds is 5. The second-order valence-electron chi connectivity index (χ2n) is 5.65. The van der Waals surface area contributed by atoms with Crippen molar-refractivity contribution in [2.45, 2.75) is 45.6 Å². The van der Waals surface area contributed by atoms with Crippen LogP contribution in [-0.4, -0.2) is 17.6 Å². The second-order valence-corrected chi connectivity index (χ2v) is 6.60. The molecule has 1 fully saturated rings. The van der Waals surface area contributed by atoms with Gasteiger partial charge in [0, 0.05) is 10.9 Å². The smallest absolute Gasteiger partial charge is 0.306 e. The molecular formula is C15H23NO2S. The lowest BCUT2D eigenvalue weighted by molar-refractivity contribution is -0.143. The lowest BCUT2D eigenvalue weighted by Crippen LogP contribution is -2.30. The molecule has 4 heteroatoms. The SMILES string of the molecule is Cc1ccsc1C(C)NCC1CCC(C(=O)O)CC1. The minimum absolute atomic E-state index is 0.104. The number of nitrogens with one attached hydrogen (secondary N) is 1. The number of carboxylic acids is 1. The maximum absolute atomic E-state index is 10.9. The molecule has 1 aliphatic rings. The minimum atomic E-state index is -0.617. The Morgan fingerprint density at radius 3 is 2.68 bits per heavy atom. The predicted octanol–water partition coefficient (Wildman–Crippen LogP) is 3.60. The molecule has 1 aliphatic carbocycles. The van der Waals surface area contributed by atoms with Crippen molar-refractivity contribution in [2.24, 2.45) is 11.8 Å². The third kappa shape index (κ3) is 3.80. The Morgan fingerprint density at radius 1 is 1.47 bits per heavy atom. The van der Waals surface area contributed by atoms with E-state index >= 15 is 0 Å². The molecule has 19 heavy (non-hydrogen) atoms. The van der Waals surface area contributed by atoms with Crippen molar-refractivity contribution in [2.75, 3.05) is 6.54 Å². The summed E-state index contributed by atoms with van der Waals surface area (Å²) in [6.45, 7) is 5.37. The van der Waals surface area contributed by atoms with E-state index in [0.717, 1.165) is 32.2 Å². The van der Waals surface area contributed by atoms with Crippen molar-refractivity contribution < 1.29 is 9.90 Å². The standard InChI is InChI=1S/C15H23NO2S/c1-10-7-8-19-14(10)11(2)16-9-12-3-5-13(6-4-12)15(17)18/h7-8,11-13,16H,3-6,9H2,1-2H3,(H,17,18). The van der Waals surface area contributed by atoms with Crippen LogP contribution in [0.2, 0.25) is 0 Å². The first-order chi connectivity index (χ1) is 9.08. The van der Waals surface area contributed by atoms with Crippen LogP contribution in [0.15, 0.2) is 11.4 Å². The fourth-order valence-corrected chi connectivity index (χ4v) is 3.84. The second kappa shape index (κ2) is 6.53. The highest BCUT2D eigenvalue weighted by molar-refractivity contribution is 7.10. The highest BCUT2D eigenvalue weighted by atomic mass is 32.1. The van der Waals surface area contributed by atoms with Crippen LogP contribution in [0.3, 0.4) is 0 Å². The fourth-order valence-electron chi connectivity index (χ4n) is 2.88. The molecule has 1 heterocycles. The number of hydrogen-bond acceptors (Lipinski definition) is 3. The van der Waals surface area contributed by atoms with Gasteiger partial charge in [-0.3, -0.25) is 4.79 Å². The van der Waals surface area contributed by atoms with Crippen LogP contribution in [0.4, 0.5) is 0 Å². The quantitative estimate of drug-likeness (QED) is 0.867. The molecule has 0 bridgehead atoms. The summed E-state index contributed by atoms with van der Waals surface area (Å²) in [5, 5.41) is 14.7.